The molecule has 1 atom stereocenters. The molecular weight excluding hydrogens is 524 g/mol. The highest BCUT2D eigenvalue weighted by Gasteiger charge is 2.16. The Labute approximate surface area is 260 Å². The Balaban J connectivity index is 3.59. The topological polar surface area (TPSA) is 72.8 Å². The van der Waals surface area contributed by atoms with Crippen LogP contribution in [0.15, 0.2) is 24.3 Å². The number of ether oxygens (including phenoxy) is 2. The van der Waals surface area contributed by atoms with Gasteiger partial charge in [-0.25, -0.2) is 0 Å². The van der Waals surface area contributed by atoms with Gasteiger partial charge in [0.1, 0.15) is 6.61 Å². The average molecular weight is 593 g/mol. The molecule has 246 valence electrons. The minimum absolute atomic E-state index is 0.0712. The summed E-state index contributed by atoms with van der Waals surface area (Å²) in [5.41, 5.74) is 0. The molecule has 1 N–H and O–H groups in total. The van der Waals surface area contributed by atoms with E-state index in [2.05, 4.69) is 38.2 Å². The van der Waals surface area contributed by atoms with Crippen molar-refractivity contribution in [1.82, 2.24) is 0 Å². The zero-order chi connectivity index (χ0) is 30.8. The SMILES string of the molecule is CCCCCC/C=C\CCCCCCCC(=O)OC[C@H](CO)OC(=O)CCCCCCC/C=C\CCCCCCCC. The lowest BCUT2D eigenvalue weighted by Gasteiger charge is -2.15. The molecule has 0 aromatic heterocycles. The van der Waals surface area contributed by atoms with E-state index < -0.39 is 6.10 Å². The lowest BCUT2D eigenvalue weighted by molar-refractivity contribution is -0.161. The second-order valence-corrected chi connectivity index (χ2v) is 11.9. The van der Waals surface area contributed by atoms with Crippen LogP contribution >= 0.6 is 0 Å². The van der Waals surface area contributed by atoms with Crippen molar-refractivity contribution in [3.8, 4) is 0 Å². The number of rotatable bonds is 32. The Morgan fingerprint density at radius 1 is 0.524 bits per heavy atom. The standard InChI is InChI=1S/C37H68O5/c1-3-5-7-9-11-13-15-17-18-20-22-24-26-28-30-32-37(40)42-35(33-38)34-41-36(39)31-29-27-25-23-21-19-16-14-12-10-8-6-4-2/h14,16-18,35,38H,3-13,15,19-34H2,1-2H3/b16-14-,18-17-/t35-/m0/s1. The highest BCUT2D eigenvalue weighted by molar-refractivity contribution is 5.70. The monoisotopic (exact) mass is 593 g/mol. The van der Waals surface area contributed by atoms with Crippen LogP contribution in [0.5, 0.6) is 0 Å². The van der Waals surface area contributed by atoms with E-state index in [4.69, 9.17) is 9.47 Å². The van der Waals surface area contributed by atoms with Crippen LogP contribution in [0.4, 0.5) is 0 Å². The van der Waals surface area contributed by atoms with Crippen molar-refractivity contribution in [2.45, 2.75) is 187 Å². The summed E-state index contributed by atoms with van der Waals surface area (Å²) >= 11 is 0. The van der Waals surface area contributed by atoms with Crippen LogP contribution in [-0.4, -0.2) is 36.4 Å². The first-order valence-corrected chi connectivity index (χ1v) is 17.9. The van der Waals surface area contributed by atoms with Gasteiger partial charge in [0.25, 0.3) is 0 Å². The van der Waals surface area contributed by atoms with Crippen LogP contribution in [0, 0.1) is 0 Å². The predicted molar refractivity (Wildman–Crippen MR) is 178 cm³/mol. The Kier molecular flexibility index (Phi) is 32.6. The van der Waals surface area contributed by atoms with E-state index in [1.54, 1.807) is 0 Å². The van der Waals surface area contributed by atoms with Gasteiger partial charge in [0.15, 0.2) is 6.10 Å². The minimum atomic E-state index is -0.774. The molecular formula is C37H68O5. The number of allylic oxidation sites excluding steroid dienone is 4. The second kappa shape index (κ2) is 33.9. The Bertz CT molecular complexity index is 642. The fourth-order valence-corrected chi connectivity index (χ4v) is 4.95. The number of carbonyl (C=O) groups is 2. The van der Waals surface area contributed by atoms with E-state index in [1.807, 2.05) is 0 Å². The molecule has 0 fully saturated rings. The predicted octanol–water partition coefficient (Wildman–Crippen LogP) is 10.7. The zero-order valence-corrected chi connectivity index (χ0v) is 27.8. The molecule has 0 heterocycles. The normalized spacial score (nSPS) is 12.4. The molecule has 42 heavy (non-hydrogen) atoms. The molecule has 0 radical (unpaired) electrons. The highest BCUT2D eigenvalue weighted by Crippen LogP contribution is 2.12. The smallest absolute Gasteiger partial charge is 0.306 e. The number of carbonyl (C=O) groups excluding carboxylic acids is 2. The van der Waals surface area contributed by atoms with Crippen molar-refractivity contribution >= 4 is 11.9 Å². The van der Waals surface area contributed by atoms with E-state index in [-0.39, 0.29) is 25.2 Å². The van der Waals surface area contributed by atoms with Crippen molar-refractivity contribution < 1.29 is 24.2 Å². The van der Waals surface area contributed by atoms with Gasteiger partial charge in [-0.2, -0.15) is 0 Å². The summed E-state index contributed by atoms with van der Waals surface area (Å²) in [7, 11) is 0. The quantitative estimate of drug-likeness (QED) is 0.0478. The van der Waals surface area contributed by atoms with Crippen molar-refractivity contribution in [2.24, 2.45) is 0 Å². The van der Waals surface area contributed by atoms with E-state index in [1.165, 1.54) is 103 Å². The van der Waals surface area contributed by atoms with Gasteiger partial charge in [0.2, 0.25) is 0 Å². The third-order valence-corrected chi connectivity index (χ3v) is 7.72. The van der Waals surface area contributed by atoms with Gasteiger partial charge < -0.3 is 14.6 Å². The molecule has 0 aromatic rings. The van der Waals surface area contributed by atoms with E-state index >= 15 is 0 Å². The number of aliphatic hydroxyl groups is 1. The lowest BCUT2D eigenvalue weighted by atomic mass is 10.1. The van der Waals surface area contributed by atoms with Gasteiger partial charge in [0.05, 0.1) is 6.61 Å². The summed E-state index contributed by atoms with van der Waals surface area (Å²) in [4.78, 5) is 24.1. The zero-order valence-electron chi connectivity index (χ0n) is 27.8. The lowest BCUT2D eigenvalue weighted by Crippen LogP contribution is -2.28. The molecule has 0 aliphatic carbocycles. The molecule has 0 spiro atoms. The van der Waals surface area contributed by atoms with Gasteiger partial charge in [-0.3, -0.25) is 9.59 Å². The molecule has 0 aliphatic heterocycles. The van der Waals surface area contributed by atoms with Crippen LogP contribution in [0.1, 0.15) is 181 Å². The van der Waals surface area contributed by atoms with Crippen LogP contribution in [0.3, 0.4) is 0 Å². The largest absolute Gasteiger partial charge is 0.462 e. The molecule has 0 unspecified atom stereocenters. The molecule has 0 aliphatic rings. The van der Waals surface area contributed by atoms with Crippen LogP contribution in [0.25, 0.3) is 0 Å². The highest BCUT2D eigenvalue weighted by atomic mass is 16.6. The van der Waals surface area contributed by atoms with Crippen LogP contribution in [-0.2, 0) is 19.1 Å². The first-order valence-electron chi connectivity index (χ1n) is 17.9. The summed E-state index contributed by atoms with van der Waals surface area (Å²) < 4.78 is 10.6. The number of hydrogen-bond acceptors (Lipinski definition) is 5. The third-order valence-electron chi connectivity index (χ3n) is 7.72. The number of esters is 2. The molecule has 0 amide bonds. The van der Waals surface area contributed by atoms with Gasteiger partial charge >= 0.3 is 11.9 Å². The van der Waals surface area contributed by atoms with Gasteiger partial charge in [-0.05, 0) is 64.2 Å². The second-order valence-electron chi connectivity index (χ2n) is 11.9. The van der Waals surface area contributed by atoms with E-state index in [9.17, 15) is 14.7 Å². The number of unbranched alkanes of at least 4 members (excludes halogenated alkanes) is 20. The van der Waals surface area contributed by atoms with E-state index in [0.717, 1.165) is 51.4 Å². The fourth-order valence-electron chi connectivity index (χ4n) is 4.95. The van der Waals surface area contributed by atoms with E-state index in [0.29, 0.717) is 12.8 Å². The molecule has 0 saturated carbocycles. The van der Waals surface area contributed by atoms with Crippen molar-refractivity contribution in [3.63, 3.8) is 0 Å². The third kappa shape index (κ3) is 31.3. The number of hydrogen-bond donors (Lipinski definition) is 1. The Morgan fingerprint density at radius 2 is 0.881 bits per heavy atom. The minimum Gasteiger partial charge on any atom is -0.462 e. The average Bonchev–Trinajstić information content (AvgIpc) is 2.99. The summed E-state index contributed by atoms with van der Waals surface area (Å²) in [6.07, 6.45) is 38.0. The Morgan fingerprint density at radius 3 is 1.31 bits per heavy atom. The van der Waals surface area contributed by atoms with Crippen LogP contribution in [0.2, 0.25) is 0 Å². The Hall–Kier alpha value is -1.62. The van der Waals surface area contributed by atoms with Gasteiger partial charge in [0, 0.05) is 12.8 Å². The summed E-state index contributed by atoms with van der Waals surface area (Å²) in [5, 5.41) is 9.51. The molecule has 0 bridgehead atoms. The summed E-state index contributed by atoms with van der Waals surface area (Å²) in [5.74, 6) is -0.609. The number of aliphatic hydroxyl groups excluding tert-OH is 1. The van der Waals surface area contributed by atoms with Gasteiger partial charge in [-0.1, -0.05) is 128 Å². The maximum Gasteiger partial charge on any atom is 0.306 e. The maximum atomic E-state index is 12.1. The first-order chi connectivity index (χ1) is 20.6. The first kappa shape index (κ1) is 40.4. The molecule has 5 heteroatoms. The van der Waals surface area contributed by atoms with Crippen LogP contribution < -0.4 is 0 Å². The fraction of sp³-hybridized carbons (Fsp3) is 0.838. The van der Waals surface area contributed by atoms with Crippen molar-refractivity contribution in [1.29, 1.82) is 0 Å². The molecule has 0 aromatic carbocycles. The molecule has 5 nitrogen and oxygen atoms in total. The van der Waals surface area contributed by atoms with Gasteiger partial charge in [-0.15, -0.1) is 0 Å². The summed E-state index contributed by atoms with van der Waals surface area (Å²) in [6.45, 7) is 4.09. The molecule has 0 rings (SSSR count). The van der Waals surface area contributed by atoms with Crippen molar-refractivity contribution in [3.05, 3.63) is 24.3 Å². The maximum absolute atomic E-state index is 12.1. The van der Waals surface area contributed by atoms with Crippen molar-refractivity contribution in [2.75, 3.05) is 13.2 Å². The molecule has 0 saturated heterocycles. The summed E-state index contributed by atoms with van der Waals surface area (Å²) in [6, 6.07) is 0.